The second-order valence-corrected chi connectivity index (χ2v) is 4.34. The maximum atomic E-state index is 9.55. The predicted molar refractivity (Wildman–Crippen MR) is 62.4 cm³/mol. The van der Waals surface area contributed by atoms with Crippen LogP contribution in [0, 0.1) is 5.92 Å². The molecule has 2 nitrogen and oxygen atoms in total. The Morgan fingerprint density at radius 1 is 1.27 bits per heavy atom. The van der Waals surface area contributed by atoms with Crippen molar-refractivity contribution in [2.45, 2.75) is 26.4 Å². The number of rotatable bonds is 5. The Morgan fingerprint density at radius 2 is 1.87 bits per heavy atom. The molecule has 0 aromatic heterocycles. The minimum absolute atomic E-state index is 0.277. The Balaban J connectivity index is 2.29. The molecule has 0 aliphatic carbocycles. The molecule has 0 saturated heterocycles. The van der Waals surface area contributed by atoms with Crippen molar-refractivity contribution >= 4 is 11.6 Å². The van der Waals surface area contributed by atoms with Crippen LogP contribution in [-0.4, -0.2) is 17.8 Å². The van der Waals surface area contributed by atoms with Gasteiger partial charge in [0.25, 0.3) is 0 Å². The molecule has 1 rings (SSSR count). The van der Waals surface area contributed by atoms with Crippen molar-refractivity contribution in [1.82, 2.24) is 0 Å². The molecule has 0 aliphatic rings. The fourth-order valence-electron chi connectivity index (χ4n) is 1.16. The number of aliphatic hydroxyl groups excluding tert-OH is 1. The van der Waals surface area contributed by atoms with Gasteiger partial charge >= 0.3 is 0 Å². The van der Waals surface area contributed by atoms with E-state index < -0.39 is 0 Å². The third-order valence-corrected chi connectivity index (χ3v) is 2.52. The Morgan fingerprint density at radius 3 is 2.40 bits per heavy atom. The van der Waals surface area contributed by atoms with E-state index in [-0.39, 0.29) is 12.0 Å². The summed E-state index contributed by atoms with van der Waals surface area (Å²) in [5, 5.41) is 10.2. The smallest absolute Gasteiger partial charge is 0.119 e. The molecular formula is C12H17ClO2. The van der Waals surface area contributed by atoms with E-state index in [1.807, 2.05) is 26.0 Å². The minimum atomic E-state index is -0.294. The lowest BCUT2D eigenvalue weighted by molar-refractivity contribution is 0.0976. The molecular weight excluding hydrogens is 212 g/mol. The number of aliphatic hydroxyl groups is 1. The van der Waals surface area contributed by atoms with Crippen molar-refractivity contribution in [2.75, 3.05) is 6.61 Å². The first-order valence-corrected chi connectivity index (χ1v) is 5.54. The first-order valence-electron chi connectivity index (χ1n) is 5.16. The van der Waals surface area contributed by atoms with Crippen LogP contribution in [0.25, 0.3) is 0 Å². The van der Waals surface area contributed by atoms with Crippen molar-refractivity contribution in [3.8, 4) is 5.75 Å². The Hall–Kier alpha value is -0.730. The van der Waals surface area contributed by atoms with Gasteiger partial charge in [-0.3, -0.25) is 0 Å². The molecule has 0 radical (unpaired) electrons. The number of hydrogen-bond donors (Lipinski definition) is 1. The standard InChI is InChI=1S/C12H17ClO2/c1-9(2)12(14)7-8-15-11-5-3-10(13)4-6-11/h3-6,9,12,14H,7-8H2,1-2H3. The van der Waals surface area contributed by atoms with Crippen molar-refractivity contribution < 1.29 is 9.84 Å². The monoisotopic (exact) mass is 228 g/mol. The lowest BCUT2D eigenvalue weighted by Gasteiger charge is -2.14. The number of benzene rings is 1. The van der Waals surface area contributed by atoms with Gasteiger partial charge in [0.05, 0.1) is 12.7 Å². The lowest BCUT2D eigenvalue weighted by Crippen LogP contribution is -2.17. The molecule has 1 atom stereocenters. The average molecular weight is 229 g/mol. The summed E-state index contributed by atoms with van der Waals surface area (Å²) in [4.78, 5) is 0. The van der Waals surface area contributed by atoms with Crippen LogP contribution in [0.1, 0.15) is 20.3 Å². The van der Waals surface area contributed by atoms with Crippen LogP contribution in [0.2, 0.25) is 5.02 Å². The summed E-state index contributed by atoms with van der Waals surface area (Å²) in [5.74, 6) is 1.06. The predicted octanol–water partition coefficient (Wildman–Crippen LogP) is 3.13. The SMILES string of the molecule is CC(C)C(O)CCOc1ccc(Cl)cc1. The number of halogens is 1. The molecule has 0 amide bonds. The molecule has 0 heterocycles. The van der Waals surface area contributed by atoms with Crippen LogP contribution in [0.15, 0.2) is 24.3 Å². The van der Waals surface area contributed by atoms with Gasteiger partial charge in [0.2, 0.25) is 0 Å². The van der Waals surface area contributed by atoms with Gasteiger partial charge in [0.1, 0.15) is 5.75 Å². The molecule has 15 heavy (non-hydrogen) atoms. The van der Waals surface area contributed by atoms with Gasteiger partial charge in [0.15, 0.2) is 0 Å². The van der Waals surface area contributed by atoms with Crippen molar-refractivity contribution in [3.63, 3.8) is 0 Å². The van der Waals surface area contributed by atoms with Gasteiger partial charge in [-0.1, -0.05) is 25.4 Å². The second-order valence-electron chi connectivity index (χ2n) is 3.90. The molecule has 1 aromatic rings. The van der Waals surface area contributed by atoms with Crippen molar-refractivity contribution in [3.05, 3.63) is 29.3 Å². The van der Waals surface area contributed by atoms with Crippen LogP contribution >= 0.6 is 11.6 Å². The highest BCUT2D eigenvalue weighted by molar-refractivity contribution is 6.30. The largest absolute Gasteiger partial charge is 0.493 e. The summed E-state index contributed by atoms with van der Waals surface area (Å²) in [6.07, 6.45) is 0.359. The first-order chi connectivity index (χ1) is 7.09. The topological polar surface area (TPSA) is 29.5 Å². The third-order valence-electron chi connectivity index (χ3n) is 2.27. The van der Waals surface area contributed by atoms with Crippen molar-refractivity contribution in [1.29, 1.82) is 0 Å². The normalized spacial score (nSPS) is 12.9. The van der Waals surface area contributed by atoms with Crippen LogP contribution in [0.3, 0.4) is 0 Å². The van der Waals surface area contributed by atoms with Crippen LogP contribution < -0.4 is 4.74 Å². The van der Waals surface area contributed by atoms with Crippen molar-refractivity contribution in [2.24, 2.45) is 5.92 Å². The average Bonchev–Trinajstić information content (AvgIpc) is 2.20. The zero-order chi connectivity index (χ0) is 11.3. The van der Waals surface area contributed by atoms with E-state index in [1.54, 1.807) is 12.1 Å². The molecule has 1 aromatic carbocycles. The summed E-state index contributed by atoms with van der Waals surface area (Å²) in [7, 11) is 0. The van der Waals surface area contributed by atoms with E-state index in [0.717, 1.165) is 5.75 Å². The van der Waals surface area contributed by atoms with Crippen LogP contribution in [0.4, 0.5) is 0 Å². The summed E-state index contributed by atoms with van der Waals surface area (Å²) < 4.78 is 5.46. The minimum Gasteiger partial charge on any atom is -0.493 e. The highest BCUT2D eigenvalue weighted by atomic mass is 35.5. The van der Waals surface area contributed by atoms with E-state index in [4.69, 9.17) is 16.3 Å². The molecule has 1 N–H and O–H groups in total. The zero-order valence-electron chi connectivity index (χ0n) is 9.11. The highest BCUT2D eigenvalue weighted by Gasteiger charge is 2.08. The maximum absolute atomic E-state index is 9.55. The van der Waals surface area contributed by atoms with Crippen LogP contribution in [-0.2, 0) is 0 Å². The van der Waals surface area contributed by atoms with E-state index in [9.17, 15) is 5.11 Å². The summed E-state index contributed by atoms with van der Waals surface area (Å²) in [6.45, 7) is 4.51. The molecule has 0 saturated carbocycles. The first kappa shape index (κ1) is 12.3. The van der Waals surface area contributed by atoms with Gasteiger partial charge in [-0.15, -0.1) is 0 Å². The fraction of sp³-hybridized carbons (Fsp3) is 0.500. The van der Waals surface area contributed by atoms with Gasteiger partial charge in [-0.05, 0) is 30.2 Å². The lowest BCUT2D eigenvalue weighted by atomic mass is 10.1. The van der Waals surface area contributed by atoms with Gasteiger partial charge in [0, 0.05) is 11.4 Å². The molecule has 0 aliphatic heterocycles. The number of hydrogen-bond acceptors (Lipinski definition) is 2. The zero-order valence-corrected chi connectivity index (χ0v) is 9.87. The third kappa shape index (κ3) is 4.54. The Labute approximate surface area is 95.8 Å². The van der Waals surface area contributed by atoms with Gasteiger partial charge < -0.3 is 9.84 Å². The van der Waals surface area contributed by atoms with Crippen LogP contribution in [0.5, 0.6) is 5.75 Å². The quantitative estimate of drug-likeness (QED) is 0.839. The summed E-state index contributed by atoms with van der Waals surface area (Å²) in [6, 6.07) is 7.22. The second kappa shape index (κ2) is 5.99. The fourth-order valence-corrected chi connectivity index (χ4v) is 1.29. The van der Waals surface area contributed by atoms with Gasteiger partial charge in [-0.25, -0.2) is 0 Å². The van der Waals surface area contributed by atoms with E-state index in [0.29, 0.717) is 18.1 Å². The molecule has 84 valence electrons. The van der Waals surface area contributed by atoms with E-state index in [2.05, 4.69) is 0 Å². The van der Waals surface area contributed by atoms with Gasteiger partial charge in [-0.2, -0.15) is 0 Å². The van der Waals surface area contributed by atoms with E-state index in [1.165, 1.54) is 0 Å². The Kier molecular flexibility index (Phi) is 4.92. The molecule has 1 unspecified atom stereocenters. The maximum Gasteiger partial charge on any atom is 0.119 e. The van der Waals surface area contributed by atoms with E-state index >= 15 is 0 Å². The number of ether oxygens (including phenoxy) is 1. The molecule has 0 spiro atoms. The Bertz CT molecular complexity index is 282. The molecule has 3 heteroatoms. The summed E-state index contributed by atoms with van der Waals surface area (Å²) >= 11 is 5.74. The molecule has 0 fully saturated rings. The molecule has 0 bridgehead atoms. The summed E-state index contributed by atoms with van der Waals surface area (Å²) in [5.41, 5.74) is 0. The highest BCUT2D eigenvalue weighted by Crippen LogP contribution is 2.16.